The van der Waals surface area contributed by atoms with Crippen LogP contribution in [0.4, 0.5) is 0 Å². The summed E-state index contributed by atoms with van der Waals surface area (Å²) in [6, 6.07) is 0. The summed E-state index contributed by atoms with van der Waals surface area (Å²) in [5.41, 5.74) is 1.44. The fourth-order valence-corrected chi connectivity index (χ4v) is 4.64. The first kappa shape index (κ1) is 17.9. The molecule has 0 aliphatic heterocycles. The molecule has 0 aliphatic carbocycles. The normalized spacial score (nSPS) is 14.1. The minimum atomic E-state index is -1.68. The van der Waals surface area contributed by atoms with Crippen molar-refractivity contribution >= 4 is 8.32 Å². The molecule has 18 heavy (non-hydrogen) atoms. The molecule has 0 aromatic heterocycles. The van der Waals surface area contributed by atoms with Crippen molar-refractivity contribution in [3.63, 3.8) is 0 Å². The highest BCUT2D eigenvalue weighted by molar-refractivity contribution is 6.74. The molecule has 0 saturated heterocycles. The van der Waals surface area contributed by atoms with Crippen LogP contribution in [0.25, 0.3) is 0 Å². The van der Waals surface area contributed by atoms with Gasteiger partial charge < -0.3 is 4.43 Å². The van der Waals surface area contributed by atoms with Crippen LogP contribution in [0.2, 0.25) is 18.1 Å². The molecule has 0 unspecified atom stereocenters. The SMILES string of the molecule is C=C(C)CC(C)(C)CO[Si](C)(C)C(C)(C)C(C)C. The molecular formula is C16H34OSi. The average molecular weight is 271 g/mol. The highest BCUT2D eigenvalue weighted by Crippen LogP contribution is 2.45. The second-order valence-corrected chi connectivity index (χ2v) is 12.6. The van der Waals surface area contributed by atoms with Gasteiger partial charge in [-0.05, 0) is 42.8 Å². The first-order valence-corrected chi connectivity index (χ1v) is 10.0. The molecule has 0 atom stereocenters. The van der Waals surface area contributed by atoms with Crippen molar-refractivity contribution < 1.29 is 4.43 Å². The van der Waals surface area contributed by atoms with E-state index in [0.29, 0.717) is 11.0 Å². The summed E-state index contributed by atoms with van der Waals surface area (Å²) >= 11 is 0. The lowest BCUT2D eigenvalue weighted by Gasteiger charge is -2.44. The zero-order chi connectivity index (χ0) is 14.8. The Balaban J connectivity index is 4.66. The molecule has 0 radical (unpaired) electrons. The van der Waals surface area contributed by atoms with Crippen molar-refractivity contribution in [3.05, 3.63) is 12.2 Å². The first-order valence-electron chi connectivity index (χ1n) is 7.10. The molecule has 0 bridgehead atoms. The van der Waals surface area contributed by atoms with Gasteiger partial charge >= 0.3 is 0 Å². The van der Waals surface area contributed by atoms with E-state index in [-0.39, 0.29) is 5.41 Å². The molecule has 108 valence electrons. The Morgan fingerprint density at radius 1 is 1.17 bits per heavy atom. The van der Waals surface area contributed by atoms with E-state index in [4.69, 9.17) is 4.43 Å². The van der Waals surface area contributed by atoms with Crippen molar-refractivity contribution in [2.45, 2.75) is 73.0 Å². The summed E-state index contributed by atoms with van der Waals surface area (Å²) in [5.74, 6) is 0.656. The first-order chi connectivity index (χ1) is 7.82. The second kappa shape index (κ2) is 5.92. The van der Waals surface area contributed by atoms with Crippen LogP contribution in [-0.2, 0) is 4.43 Å². The van der Waals surface area contributed by atoms with Crippen LogP contribution in [-0.4, -0.2) is 14.9 Å². The summed E-state index contributed by atoms with van der Waals surface area (Å²) in [6.45, 7) is 25.5. The van der Waals surface area contributed by atoms with Crippen LogP contribution in [0.5, 0.6) is 0 Å². The molecule has 0 heterocycles. The molecule has 0 aromatic carbocycles. The van der Waals surface area contributed by atoms with Gasteiger partial charge in [0.15, 0.2) is 8.32 Å². The molecule has 0 fully saturated rings. The predicted molar refractivity (Wildman–Crippen MR) is 85.5 cm³/mol. The van der Waals surface area contributed by atoms with E-state index in [2.05, 4.69) is 68.1 Å². The third kappa shape index (κ3) is 4.89. The number of hydrogen-bond acceptors (Lipinski definition) is 1. The molecule has 0 N–H and O–H groups in total. The maximum atomic E-state index is 6.42. The Labute approximate surface area is 116 Å². The molecule has 0 spiro atoms. The molecule has 0 saturated carbocycles. The van der Waals surface area contributed by atoms with E-state index in [1.54, 1.807) is 0 Å². The van der Waals surface area contributed by atoms with Crippen molar-refractivity contribution in [2.24, 2.45) is 11.3 Å². The topological polar surface area (TPSA) is 9.23 Å². The molecule has 0 amide bonds. The van der Waals surface area contributed by atoms with Gasteiger partial charge in [0, 0.05) is 6.61 Å². The van der Waals surface area contributed by atoms with Gasteiger partial charge in [0.25, 0.3) is 0 Å². The monoisotopic (exact) mass is 270 g/mol. The van der Waals surface area contributed by atoms with E-state index < -0.39 is 8.32 Å². The molecule has 2 heteroatoms. The van der Waals surface area contributed by atoms with Gasteiger partial charge in [-0.2, -0.15) is 0 Å². The smallest absolute Gasteiger partial charge is 0.192 e. The van der Waals surface area contributed by atoms with E-state index in [9.17, 15) is 0 Å². The van der Waals surface area contributed by atoms with E-state index in [0.717, 1.165) is 13.0 Å². The maximum absolute atomic E-state index is 6.42. The zero-order valence-corrected chi connectivity index (χ0v) is 15.1. The standard InChI is InChI=1S/C16H34OSi/c1-13(2)11-15(5,6)12-17-18(9,10)16(7,8)14(3)4/h14H,1,11-12H2,2-10H3. The van der Waals surface area contributed by atoms with Crippen LogP contribution in [0.3, 0.4) is 0 Å². The van der Waals surface area contributed by atoms with Gasteiger partial charge in [-0.15, -0.1) is 6.58 Å². The van der Waals surface area contributed by atoms with Gasteiger partial charge in [-0.25, -0.2) is 0 Å². The van der Waals surface area contributed by atoms with Crippen molar-refractivity contribution in [3.8, 4) is 0 Å². The maximum Gasteiger partial charge on any atom is 0.192 e. The highest BCUT2D eigenvalue weighted by atomic mass is 28.4. The van der Waals surface area contributed by atoms with Crippen LogP contribution < -0.4 is 0 Å². The minimum Gasteiger partial charge on any atom is -0.416 e. The van der Waals surface area contributed by atoms with E-state index >= 15 is 0 Å². The Bertz CT molecular complexity index is 287. The Hall–Kier alpha value is -0.0831. The lowest BCUT2D eigenvalue weighted by Crippen LogP contribution is -2.46. The fraction of sp³-hybridized carbons (Fsp3) is 0.875. The summed E-state index contributed by atoms with van der Waals surface area (Å²) < 4.78 is 6.42. The number of rotatable bonds is 7. The number of hydrogen-bond donors (Lipinski definition) is 0. The lowest BCUT2D eigenvalue weighted by atomic mass is 9.88. The second-order valence-electron chi connectivity index (χ2n) is 7.97. The third-order valence-electron chi connectivity index (χ3n) is 4.60. The van der Waals surface area contributed by atoms with Crippen LogP contribution in [0.15, 0.2) is 12.2 Å². The Kier molecular flexibility index (Phi) is 5.89. The fourth-order valence-electron chi connectivity index (χ4n) is 2.12. The van der Waals surface area contributed by atoms with Gasteiger partial charge in [-0.1, -0.05) is 47.1 Å². The minimum absolute atomic E-state index is 0.198. The van der Waals surface area contributed by atoms with Crippen LogP contribution in [0, 0.1) is 11.3 Å². The van der Waals surface area contributed by atoms with Crippen molar-refractivity contribution in [1.29, 1.82) is 0 Å². The average Bonchev–Trinajstić information content (AvgIpc) is 2.12. The van der Waals surface area contributed by atoms with Crippen molar-refractivity contribution in [2.75, 3.05) is 6.61 Å². The largest absolute Gasteiger partial charge is 0.416 e. The molecule has 0 aliphatic rings. The quantitative estimate of drug-likeness (QED) is 0.430. The van der Waals surface area contributed by atoms with E-state index in [1.807, 2.05) is 0 Å². The van der Waals surface area contributed by atoms with E-state index in [1.165, 1.54) is 5.57 Å². The summed E-state index contributed by atoms with van der Waals surface area (Å²) in [7, 11) is -1.68. The van der Waals surface area contributed by atoms with Crippen LogP contribution >= 0.6 is 0 Å². The van der Waals surface area contributed by atoms with Crippen LogP contribution in [0.1, 0.15) is 54.9 Å². The highest BCUT2D eigenvalue weighted by Gasteiger charge is 2.43. The Morgan fingerprint density at radius 3 is 1.94 bits per heavy atom. The summed E-state index contributed by atoms with van der Waals surface area (Å²) in [4.78, 5) is 0. The third-order valence-corrected chi connectivity index (χ3v) is 9.15. The molecule has 1 nitrogen and oxygen atoms in total. The molecule has 0 rings (SSSR count). The summed E-state index contributed by atoms with van der Waals surface area (Å²) in [6.07, 6.45) is 1.04. The van der Waals surface area contributed by atoms with Gasteiger partial charge in [0.2, 0.25) is 0 Å². The summed E-state index contributed by atoms with van der Waals surface area (Å²) in [5, 5.41) is 0.298. The Morgan fingerprint density at radius 2 is 1.61 bits per heavy atom. The lowest BCUT2D eigenvalue weighted by molar-refractivity contribution is 0.158. The molecule has 0 aromatic rings. The van der Waals surface area contributed by atoms with Crippen molar-refractivity contribution in [1.82, 2.24) is 0 Å². The van der Waals surface area contributed by atoms with Gasteiger partial charge in [-0.3, -0.25) is 0 Å². The van der Waals surface area contributed by atoms with Gasteiger partial charge in [0.05, 0.1) is 0 Å². The van der Waals surface area contributed by atoms with Gasteiger partial charge in [0.1, 0.15) is 0 Å². The predicted octanol–water partition coefficient (Wildman–Crippen LogP) is 5.64. The zero-order valence-electron chi connectivity index (χ0n) is 14.1. The molecular weight excluding hydrogens is 236 g/mol. The number of allylic oxidation sites excluding steroid dienone is 1.